The van der Waals surface area contributed by atoms with E-state index in [0.717, 1.165) is 6.92 Å². The number of aliphatic hydroxyl groups is 2. The highest BCUT2D eigenvalue weighted by molar-refractivity contribution is 5.96. The zero-order chi connectivity index (χ0) is 21.3. The summed E-state index contributed by atoms with van der Waals surface area (Å²) in [6.45, 7) is 1.85. The number of nitrogens with two attached hydrogens (primary N) is 2. The smallest absolute Gasteiger partial charge is 0.328 e. The number of carbonyl (C=O) groups excluding carboxylic acids is 4. The van der Waals surface area contributed by atoms with Gasteiger partial charge in [-0.05, 0) is 13.8 Å². The van der Waals surface area contributed by atoms with Crippen molar-refractivity contribution >= 4 is 29.6 Å². The van der Waals surface area contributed by atoms with E-state index in [1.807, 2.05) is 5.32 Å². The molecular weight excluding hydrogens is 366 g/mol. The minimum Gasteiger partial charge on any atom is -0.480 e. The summed E-state index contributed by atoms with van der Waals surface area (Å²) in [7, 11) is 0. The van der Waals surface area contributed by atoms with E-state index in [4.69, 9.17) is 16.6 Å². The molecule has 0 bridgehead atoms. The van der Waals surface area contributed by atoms with Gasteiger partial charge in [0.1, 0.15) is 12.1 Å². The molecule has 27 heavy (non-hydrogen) atoms. The molecule has 0 rings (SSSR count). The Morgan fingerprint density at radius 1 is 0.889 bits per heavy atom. The zero-order valence-corrected chi connectivity index (χ0v) is 14.8. The Kier molecular flexibility index (Phi) is 9.92. The van der Waals surface area contributed by atoms with Crippen LogP contribution in [0.1, 0.15) is 20.3 Å². The first-order valence-corrected chi connectivity index (χ1v) is 7.88. The lowest BCUT2D eigenvalue weighted by atomic mass is 10.1. The molecule has 10 N–H and O–H groups in total. The first-order valence-electron chi connectivity index (χ1n) is 7.88. The van der Waals surface area contributed by atoms with Gasteiger partial charge in [-0.3, -0.25) is 19.2 Å². The van der Waals surface area contributed by atoms with Crippen LogP contribution in [0.25, 0.3) is 0 Å². The third-order valence-electron chi connectivity index (χ3n) is 3.35. The number of hydrogen-bond donors (Lipinski definition) is 8. The highest BCUT2D eigenvalue weighted by Gasteiger charge is 2.33. The quantitative estimate of drug-likeness (QED) is 0.168. The number of aliphatic carboxylic acids is 1. The van der Waals surface area contributed by atoms with Crippen LogP contribution in [0.3, 0.4) is 0 Å². The summed E-state index contributed by atoms with van der Waals surface area (Å²) >= 11 is 0. The van der Waals surface area contributed by atoms with Gasteiger partial charge in [-0.2, -0.15) is 0 Å². The standard InChI is InChI=1S/C14H25N5O8/c1-5(20)10(18-9(23)4-15)13(25)17-7(3-8(16)22)12(24)19-11(6(2)21)14(26)27/h5-7,10-11,20-21H,3-4,15H2,1-2H3,(H2,16,22)(H,17,25)(H,18,23)(H,19,24)(H,26,27). The summed E-state index contributed by atoms with van der Waals surface area (Å²) in [5.74, 6) is -5.42. The molecule has 13 heteroatoms. The zero-order valence-electron chi connectivity index (χ0n) is 14.8. The molecule has 0 saturated heterocycles. The Balaban J connectivity index is 5.35. The molecule has 0 aromatic carbocycles. The van der Waals surface area contributed by atoms with Gasteiger partial charge in [0.2, 0.25) is 23.6 Å². The number of hydrogen-bond acceptors (Lipinski definition) is 8. The third kappa shape index (κ3) is 8.44. The summed E-state index contributed by atoms with van der Waals surface area (Å²) in [4.78, 5) is 58.1. The molecule has 13 nitrogen and oxygen atoms in total. The van der Waals surface area contributed by atoms with Crippen molar-refractivity contribution in [2.24, 2.45) is 11.5 Å². The predicted octanol–water partition coefficient (Wildman–Crippen LogP) is -4.88. The van der Waals surface area contributed by atoms with Gasteiger partial charge in [-0.25, -0.2) is 4.79 Å². The van der Waals surface area contributed by atoms with E-state index in [9.17, 15) is 34.2 Å². The SMILES string of the molecule is CC(O)C(NC(=O)C(CC(N)=O)NC(=O)C(NC(=O)CN)C(C)O)C(=O)O. The molecule has 0 aromatic rings. The fourth-order valence-corrected chi connectivity index (χ4v) is 1.95. The molecule has 0 aromatic heterocycles. The van der Waals surface area contributed by atoms with Crippen LogP contribution in [0.15, 0.2) is 0 Å². The number of rotatable bonds is 11. The highest BCUT2D eigenvalue weighted by atomic mass is 16.4. The van der Waals surface area contributed by atoms with Gasteiger partial charge in [0.05, 0.1) is 25.2 Å². The van der Waals surface area contributed by atoms with Crippen LogP contribution in [0.5, 0.6) is 0 Å². The van der Waals surface area contributed by atoms with E-state index >= 15 is 0 Å². The first kappa shape index (κ1) is 24.2. The number of carboxylic acids is 1. The van der Waals surface area contributed by atoms with Gasteiger partial charge in [-0.15, -0.1) is 0 Å². The van der Waals surface area contributed by atoms with E-state index in [1.54, 1.807) is 0 Å². The van der Waals surface area contributed by atoms with Gasteiger partial charge in [0.25, 0.3) is 0 Å². The van der Waals surface area contributed by atoms with E-state index in [2.05, 4.69) is 10.6 Å². The fraction of sp³-hybridized carbons (Fsp3) is 0.643. The monoisotopic (exact) mass is 391 g/mol. The molecule has 0 heterocycles. The van der Waals surface area contributed by atoms with Crippen LogP contribution in [-0.2, 0) is 24.0 Å². The Labute approximate surface area is 154 Å². The van der Waals surface area contributed by atoms with Gasteiger partial charge < -0.3 is 42.7 Å². The van der Waals surface area contributed by atoms with Crippen molar-refractivity contribution < 1.29 is 39.3 Å². The predicted molar refractivity (Wildman–Crippen MR) is 89.7 cm³/mol. The second kappa shape index (κ2) is 11.1. The number of nitrogens with one attached hydrogen (secondary N) is 3. The third-order valence-corrected chi connectivity index (χ3v) is 3.35. The van der Waals surface area contributed by atoms with E-state index in [-0.39, 0.29) is 0 Å². The van der Waals surface area contributed by atoms with Gasteiger partial charge >= 0.3 is 5.97 Å². The Morgan fingerprint density at radius 3 is 1.78 bits per heavy atom. The van der Waals surface area contributed by atoms with Crippen molar-refractivity contribution in [2.45, 2.75) is 50.6 Å². The molecule has 0 spiro atoms. The second-order valence-corrected chi connectivity index (χ2v) is 5.79. The molecule has 0 aliphatic rings. The van der Waals surface area contributed by atoms with Crippen molar-refractivity contribution in [3.63, 3.8) is 0 Å². The topological polar surface area (TPSA) is 234 Å². The average Bonchev–Trinajstić information content (AvgIpc) is 2.54. The molecule has 0 radical (unpaired) electrons. The number of aliphatic hydroxyl groups excluding tert-OH is 2. The van der Waals surface area contributed by atoms with Crippen molar-refractivity contribution in [3.05, 3.63) is 0 Å². The molecule has 4 amide bonds. The lowest BCUT2D eigenvalue weighted by Crippen LogP contribution is -2.60. The largest absolute Gasteiger partial charge is 0.480 e. The van der Waals surface area contributed by atoms with Crippen LogP contribution in [0.4, 0.5) is 0 Å². The molecule has 0 aliphatic carbocycles. The fourth-order valence-electron chi connectivity index (χ4n) is 1.95. The summed E-state index contributed by atoms with van der Waals surface area (Å²) in [6.07, 6.45) is -3.53. The minimum absolute atomic E-state index is 0.462. The van der Waals surface area contributed by atoms with Crippen molar-refractivity contribution in [3.8, 4) is 0 Å². The molecular formula is C14H25N5O8. The molecule has 0 fully saturated rings. The van der Waals surface area contributed by atoms with E-state index in [0.29, 0.717) is 0 Å². The van der Waals surface area contributed by atoms with Crippen molar-refractivity contribution in [1.29, 1.82) is 0 Å². The number of carbonyl (C=O) groups is 5. The molecule has 5 unspecified atom stereocenters. The van der Waals surface area contributed by atoms with E-state index < -0.39 is 72.9 Å². The maximum absolute atomic E-state index is 12.3. The number of primary amides is 1. The Morgan fingerprint density at radius 2 is 1.41 bits per heavy atom. The highest BCUT2D eigenvalue weighted by Crippen LogP contribution is 2.01. The van der Waals surface area contributed by atoms with Crippen LogP contribution in [0, 0.1) is 0 Å². The first-order chi connectivity index (χ1) is 12.4. The summed E-state index contributed by atoms with van der Waals surface area (Å²) in [6, 6.07) is -4.79. The Bertz CT molecular complexity index is 580. The van der Waals surface area contributed by atoms with Crippen LogP contribution in [-0.4, -0.2) is 81.8 Å². The van der Waals surface area contributed by atoms with Gasteiger partial charge in [0, 0.05) is 0 Å². The van der Waals surface area contributed by atoms with Crippen LogP contribution < -0.4 is 27.4 Å². The second-order valence-electron chi connectivity index (χ2n) is 5.79. The van der Waals surface area contributed by atoms with Gasteiger partial charge in [0.15, 0.2) is 6.04 Å². The lowest BCUT2D eigenvalue weighted by Gasteiger charge is -2.25. The molecule has 5 atom stereocenters. The normalized spacial score (nSPS) is 16.2. The number of carboxylic acid groups (broad SMARTS) is 1. The van der Waals surface area contributed by atoms with E-state index in [1.165, 1.54) is 6.92 Å². The van der Waals surface area contributed by atoms with Crippen LogP contribution in [0.2, 0.25) is 0 Å². The van der Waals surface area contributed by atoms with Gasteiger partial charge in [-0.1, -0.05) is 0 Å². The average molecular weight is 391 g/mol. The van der Waals surface area contributed by atoms with Crippen molar-refractivity contribution in [2.75, 3.05) is 6.54 Å². The lowest BCUT2D eigenvalue weighted by molar-refractivity contribution is -0.145. The summed E-state index contributed by atoms with van der Waals surface area (Å²) < 4.78 is 0. The maximum atomic E-state index is 12.3. The molecule has 0 saturated carbocycles. The molecule has 0 aliphatic heterocycles. The summed E-state index contributed by atoms with van der Waals surface area (Å²) in [5.41, 5.74) is 10.1. The minimum atomic E-state index is -1.70. The molecule has 154 valence electrons. The Hall–Kier alpha value is -2.77. The number of amides is 4. The van der Waals surface area contributed by atoms with Crippen molar-refractivity contribution in [1.82, 2.24) is 16.0 Å². The maximum Gasteiger partial charge on any atom is 0.328 e. The van der Waals surface area contributed by atoms with Crippen LogP contribution >= 0.6 is 0 Å². The summed E-state index contributed by atoms with van der Waals surface area (Å²) in [5, 5.41) is 34.2.